The van der Waals surface area contributed by atoms with Crippen LogP contribution in [0.5, 0.6) is 5.75 Å². The van der Waals surface area contributed by atoms with Crippen molar-refractivity contribution < 1.29 is 22.3 Å². The number of alkyl halides is 3. The van der Waals surface area contributed by atoms with Gasteiger partial charge in [0.1, 0.15) is 0 Å². The number of hydrogen-bond acceptors (Lipinski definition) is 1. The highest BCUT2D eigenvalue weighted by atomic mass is 19.4. The molecule has 0 N–H and O–H groups in total. The second-order valence-corrected chi connectivity index (χ2v) is 10.4. The van der Waals surface area contributed by atoms with Crippen LogP contribution in [0, 0.1) is 29.5 Å². The fraction of sp³-hybridized carbons (Fsp3) is 0.778. The Bertz CT molecular complexity index is 685. The first-order valence-electron chi connectivity index (χ1n) is 12.8. The van der Waals surface area contributed by atoms with Crippen molar-refractivity contribution in [2.24, 2.45) is 23.7 Å². The fourth-order valence-corrected chi connectivity index (χ4v) is 6.16. The van der Waals surface area contributed by atoms with Crippen LogP contribution in [-0.2, 0) is 0 Å². The van der Waals surface area contributed by atoms with Crippen LogP contribution in [0.1, 0.15) is 109 Å². The quantitative estimate of drug-likeness (QED) is 0.266. The molecule has 0 spiro atoms. The van der Waals surface area contributed by atoms with Crippen LogP contribution < -0.4 is 4.74 Å². The lowest BCUT2D eigenvalue weighted by Gasteiger charge is -2.36. The number of ether oxygens (including phenoxy) is 1. The van der Waals surface area contributed by atoms with Gasteiger partial charge in [-0.15, -0.1) is 13.2 Å². The highest BCUT2D eigenvalue weighted by Gasteiger charge is 2.33. The van der Waals surface area contributed by atoms with Crippen LogP contribution in [0.15, 0.2) is 18.2 Å². The maximum atomic E-state index is 14.1. The summed E-state index contributed by atoms with van der Waals surface area (Å²) in [5.41, 5.74) is 0.796. The summed E-state index contributed by atoms with van der Waals surface area (Å²) in [7, 11) is 0. The molecule has 2 aliphatic carbocycles. The lowest BCUT2D eigenvalue weighted by Crippen LogP contribution is -2.23. The Hall–Kier alpha value is -1.26. The van der Waals surface area contributed by atoms with Gasteiger partial charge in [-0.25, -0.2) is 4.39 Å². The summed E-state index contributed by atoms with van der Waals surface area (Å²) in [5, 5.41) is 0. The van der Waals surface area contributed by atoms with Gasteiger partial charge in [-0.1, -0.05) is 58.4 Å². The minimum atomic E-state index is -4.87. The Morgan fingerprint density at radius 1 is 0.938 bits per heavy atom. The van der Waals surface area contributed by atoms with E-state index in [-0.39, 0.29) is 5.92 Å². The van der Waals surface area contributed by atoms with Gasteiger partial charge in [0.2, 0.25) is 0 Å². The van der Waals surface area contributed by atoms with Crippen LogP contribution in [0.2, 0.25) is 0 Å². The second kappa shape index (κ2) is 11.7. The van der Waals surface area contributed by atoms with Gasteiger partial charge in [-0.2, -0.15) is 0 Å². The van der Waals surface area contributed by atoms with Crippen molar-refractivity contribution in [3.05, 3.63) is 29.6 Å². The molecule has 1 atom stereocenters. The number of rotatable bonds is 9. The van der Waals surface area contributed by atoms with E-state index in [1.54, 1.807) is 6.07 Å². The standard InChI is InChI=1S/C27H40F4O/c1-3-4-5-6-20-7-11-22(12-8-20)19(2)17-21-9-13-23(14-10-21)24-15-16-26(25(28)18-24)32-27(29,30)31/h15-16,18-23H,3-14,17H2,1-2H3. The van der Waals surface area contributed by atoms with Gasteiger partial charge >= 0.3 is 6.36 Å². The van der Waals surface area contributed by atoms with Crippen LogP contribution in [0.4, 0.5) is 17.6 Å². The topological polar surface area (TPSA) is 9.23 Å². The summed E-state index contributed by atoms with van der Waals surface area (Å²) in [6.45, 7) is 4.70. The first-order valence-corrected chi connectivity index (χ1v) is 12.8. The molecular formula is C27H40F4O. The Balaban J connectivity index is 1.41. The zero-order valence-corrected chi connectivity index (χ0v) is 19.7. The molecule has 3 rings (SSSR count). The molecule has 2 aliphatic rings. The third-order valence-electron chi connectivity index (χ3n) is 8.12. The molecule has 182 valence electrons. The molecule has 1 nitrogen and oxygen atoms in total. The van der Waals surface area contributed by atoms with E-state index in [0.717, 1.165) is 61.0 Å². The molecule has 1 aromatic carbocycles. The smallest absolute Gasteiger partial charge is 0.403 e. The van der Waals surface area contributed by atoms with Gasteiger partial charge in [0, 0.05) is 0 Å². The molecule has 0 bridgehead atoms. The molecule has 5 heteroatoms. The Morgan fingerprint density at radius 3 is 2.19 bits per heavy atom. The molecular weight excluding hydrogens is 416 g/mol. The molecule has 32 heavy (non-hydrogen) atoms. The largest absolute Gasteiger partial charge is 0.573 e. The molecule has 0 amide bonds. The average molecular weight is 457 g/mol. The maximum absolute atomic E-state index is 14.1. The Labute approximate surface area is 191 Å². The summed E-state index contributed by atoms with van der Waals surface area (Å²) < 4.78 is 54.9. The molecule has 0 heterocycles. The van der Waals surface area contributed by atoms with Crippen molar-refractivity contribution in [3.63, 3.8) is 0 Å². The van der Waals surface area contributed by atoms with E-state index in [1.807, 2.05) is 0 Å². The van der Waals surface area contributed by atoms with Gasteiger partial charge < -0.3 is 4.74 Å². The van der Waals surface area contributed by atoms with E-state index < -0.39 is 17.9 Å². The molecule has 0 aromatic heterocycles. The van der Waals surface area contributed by atoms with Crippen LogP contribution >= 0.6 is 0 Å². The molecule has 1 unspecified atom stereocenters. The highest BCUT2D eigenvalue weighted by molar-refractivity contribution is 5.31. The van der Waals surface area contributed by atoms with Crippen molar-refractivity contribution in [2.45, 2.75) is 110 Å². The second-order valence-electron chi connectivity index (χ2n) is 10.4. The van der Waals surface area contributed by atoms with Crippen LogP contribution in [0.3, 0.4) is 0 Å². The number of benzene rings is 1. The number of unbranched alkanes of at least 4 members (excludes halogenated alkanes) is 2. The fourth-order valence-electron chi connectivity index (χ4n) is 6.16. The van der Waals surface area contributed by atoms with E-state index in [4.69, 9.17) is 0 Å². The summed E-state index contributed by atoms with van der Waals surface area (Å²) in [6, 6.07) is 3.94. The van der Waals surface area contributed by atoms with E-state index in [0.29, 0.717) is 0 Å². The minimum absolute atomic E-state index is 0.231. The Morgan fingerprint density at radius 2 is 1.59 bits per heavy atom. The van der Waals surface area contributed by atoms with Crippen molar-refractivity contribution in [3.8, 4) is 5.75 Å². The van der Waals surface area contributed by atoms with E-state index in [1.165, 1.54) is 63.9 Å². The normalized spacial score (nSPS) is 27.8. The first-order chi connectivity index (χ1) is 15.2. The lowest BCUT2D eigenvalue weighted by atomic mass is 9.70. The van der Waals surface area contributed by atoms with Gasteiger partial charge in [0.05, 0.1) is 0 Å². The average Bonchev–Trinajstić information content (AvgIpc) is 2.75. The third-order valence-corrected chi connectivity index (χ3v) is 8.12. The highest BCUT2D eigenvalue weighted by Crippen LogP contribution is 2.43. The number of halogens is 4. The third kappa shape index (κ3) is 7.66. The van der Waals surface area contributed by atoms with Crippen LogP contribution in [0.25, 0.3) is 0 Å². The molecule has 0 radical (unpaired) electrons. The minimum Gasteiger partial charge on any atom is -0.403 e. The zero-order chi connectivity index (χ0) is 23.1. The van der Waals surface area contributed by atoms with Gasteiger partial charge in [0.25, 0.3) is 0 Å². The predicted molar refractivity (Wildman–Crippen MR) is 121 cm³/mol. The van der Waals surface area contributed by atoms with Crippen molar-refractivity contribution >= 4 is 0 Å². The van der Waals surface area contributed by atoms with Crippen LogP contribution in [-0.4, -0.2) is 6.36 Å². The predicted octanol–water partition coefficient (Wildman–Crippen LogP) is 9.41. The molecule has 0 saturated heterocycles. The monoisotopic (exact) mass is 456 g/mol. The number of hydrogen-bond donors (Lipinski definition) is 0. The Kier molecular flexibility index (Phi) is 9.31. The molecule has 2 saturated carbocycles. The van der Waals surface area contributed by atoms with E-state index >= 15 is 0 Å². The first kappa shape index (κ1) is 25.4. The SMILES string of the molecule is CCCCCC1CCC(C(C)CC2CCC(c3ccc(OC(F)(F)F)c(F)c3)CC2)CC1. The maximum Gasteiger partial charge on any atom is 0.573 e. The molecule has 2 fully saturated rings. The molecule has 1 aromatic rings. The van der Waals surface area contributed by atoms with Gasteiger partial charge in [-0.3, -0.25) is 0 Å². The zero-order valence-electron chi connectivity index (χ0n) is 19.7. The summed E-state index contributed by atoms with van der Waals surface area (Å²) >= 11 is 0. The molecule has 0 aliphatic heterocycles. The van der Waals surface area contributed by atoms with Crippen molar-refractivity contribution in [1.82, 2.24) is 0 Å². The summed E-state index contributed by atoms with van der Waals surface area (Å²) in [6.07, 6.45) is 11.7. The lowest BCUT2D eigenvalue weighted by molar-refractivity contribution is -0.275. The van der Waals surface area contributed by atoms with E-state index in [2.05, 4.69) is 18.6 Å². The summed E-state index contributed by atoms with van der Waals surface area (Å²) in [4.78, 5) is 0. The van der Waals surface area contributed by atoms with Crippen molar-refractivity contribution in [1.29, 1.82) is 0 Å². The summed E-state index contributed by atoms with van der Waals surface area (Å²) in [5.74, 6) is 1.86. The van der Waals surface area contributed by atoms with Gasteiger partial charge in [-0.05, 0) is 92.2 Å². The van der Waals surface area contributed by atoms with Crippen molar-refractivity contribution in [2.75, 3.05) is 0 Å². The van der Waals surface area contributed by atoms with E-state index in [9.17, 15) is 17.6 Å². The van der Waals surface area contributed by atoms with Gasteiger partial charge in [0.15, 0.2) is 11.6 Å².